The maximum Gasteiger partial charge on any atom is 0.0638 e. The molecule has 90 valence electrons. The van der Waals surface area contributed by atoms with Gasteiger partial charge in [-0.25, -0.2) is 0 Å². The number of benzene rings is 1. The van der Waals surface area contributed by atoms with Crippen LogP contribution >= 0.6 is 0 Å². The molecular formula is C13H21NO2. The molecule has 0 aromatic heterocycles. The van der Waals surface area contributed by atoms with E-state index in [0.717, 1.165) is 6.54 Å². The molecule has 3 nitrogen and oxygen atoms in total. The maximum atomic E-state index is 9.12. The fourth-order valence-electron chi connectivity index (χ4n) is 1.62. The van der Waals surface area contributed by atoms with Gasteiger partial charge in [-0.15, -0.1) is 0 Å². The Labute approximate surface area is 97.4 Å². The van der Waals surface area contributed by atoms with Crippen LogP contribution in [0, 0.1) is 13.8 Å². The van der Waals surface area contributed by atoms with Gasteiger partial charge in [0, 0.05) is 13.7 Å². The Bertz CT molecular complexity index is 326. The molecule has 0 heterocycles. The molecule has 2 N–H and O–H groups in total. The van der Waals surface area contributed by atoms with Gasteiger partial charge in [0.2, 0.25) is 0 Å². The summed E-state index contributed by atoms with van der Waals surface area (Å²) >= 11 is 0. The van der Waals surface area contributed by atoms with Gasteiger partial charge >= 0.3 is 0 Å². The Balaban J connectivity index is 2.55. The number of rotatable bonds is 6. The van der Waals surface area contributed by atoms with Gasteiger partial charge in [-0.1, -0.05) is 23.8 Å². The molecule has 0 radical (unpaired) electrons. The molecule has 16 heavy (non-hydrogen) atoms. The van der Waals surface area contributed by atoms with E-state index in [1.807, 2.05) is 0 Å². The highest BCUT2D eigenvalue weighted by Crippen LogP contribution is 2.10. The van der Waals surface area contributed by atoms with Crippen LogP contribution in [-0.2, 0) is 11.3 Å². The minimum absolute atomic E-state index is 0.00455. The summed E-state index contributed by atoms with van der Waals surface area (Å²) in [6.45, 7) is 5.57. The highest BCUT2D eigenvalue weighted by molar-refractivity contribution is 5.30. The lowest BCUT2D eigenvalue weighted by molar-refractivity contribution is 0.128. The Kier molecular flexibility index (Phi) is 5.46. The molecule has 0 aliphatic rings. The summed E-state index contributed by atoms with van der Waals surface area (Å²) in [7, 11) is 1.64. The minimum atomic E-state index is 0.00455. The third-order valence-corrected chi connectivity index (χ3v) is 2.67. The lowest BCUT2D eigenvalue weighted by Crippen LogP contribution is -2.36. The number of aliphatic hydroxyl groups excluding tert-OH is 1. The maximum absolute atomic E-state index is 9.12. The highest BCUT2D eigenvalue weighted by atomic mass is 16.5. The molecule has 0 aliphatic carbocycles. The van der Waals surface area contributed by atoms with E-state index in [2.05, 4.69) is 37.4 Å². The Morgan fingerprint density at radius 2 is 2.12 bits per heavy atom. The van der Waals surface area contributed by atoms with Crippen molar-refractivity contribution in [2.24, 2.45) is 0 Å². The van der Waals surface area contributed by atoms with Crippen molar-refractivity contribution in [3.8, 4) is 0 Å². The van der Waals surface area contributed by atoms with Crippen molar-refractivity contribution in [2.75, 3.05) is 20.3 Å². The molecule has 1 atom stereocenters. The monoisotopic (exact) mass is 223 g/mol. The van der Waals surface area contributed by atoms with Gasteiger partial charge in [-0.05, 0) is 25.0 Å². The highest BCUT2D eigenvalue weighted by Gasteiger charge is 2.06. The lowest BCUT2D eigenvalue weighted by atomic mass is 10.1. The first-order chi connectivity index (χ1) is 7.67. The predicted molar refractivity (Wildman–Crippen MR) is 65.5 cm³/mol. The second kappa shape index (κ2) is 6.63. The van der Waals surface area contributed by atoms with E-state index in [-0.39, 0.29) is 12.6 Å². The van der Waals surface area contributed by atoms with Crippen molar-refractivity contribution in [1.82, 2.24) is 5.32 Å². The molecule has 0 amide bonds. The number of methoxy groups -OCH3 is 1. The van der Waals surface area contributed by atoms with Crippen molar-refractivity contribution in [2.45, 2.75) is 26.4 Å². The summed E-state index contributed by atoms with van der Waals surface area (Å²) in [5.74, 6) is 0. The van der Waals surface area contributed by atoms with E-state index in [4.69, 9.17) is 9.84 Å². The van der Waals surface area contributed by atoms with Crippen LogP contribution in [0.2, 0.25) is 0 Å². The lowest BCUT2D eigenvalue weighted by Gasteiger charge is -2.16. The van der Waals surface area contributed by atoms with Crippen molar-refractivity contribution in [3.05, 3.63) is 34.9 Å². The summed E-state index contributed by atoms with van der Waals surface area (Å²) in [4.78, 5) is 0. The summed E-state index contributed by atoms with van der Waals surface area (Å²) in [5, 5.41) is 12.4. The fourth-order valence-corrected chi connectivity index (χ4v) is 1.62. The Hall–Kier alpha value is -0.900. The van der Waals surface area contributed by atoms with E-state index in [0.29, 0.717) is 6.61 Å². The summed E-state index contributed by atoms with van der Waals surface area (Å²) < 4.78 is 5.01. The van der Waals surface area contributed by atoms with Gasteiger partial charge in [0.25, 0.3) is 0 Å². The predicted octanol–water partition coefficient (Wildman–Crippen LogP) is 1.40. The minimum Gasteiger partial charge on any atom is -0.395 e. The largest absolute Gasteiger partial charge is 0.395 e. The summed E-state index contributed by atoms with van der Waals surface area (Å²) in [6.07, 6.45) is 0. The Morgan fingerprint density at radius 3 is 2.75 bits per heavy atom. The van der Waals surface area contributed by atoms with Gasteiger partial charge < -0.3 is 15.2 Å². The average Bonchev–Trinajstić information content (AvgIpc) is 2.28. The molecule has 1 unspecified atom stereocenters. The van der Waals surface area contributed by atoms with E-state index >= 15 is 0 Å². The van der Waals surface area contributed by atoms with Crippen LogP contribution in [0.1, 0.15) is 16.7 Å². The van der Waals surface area contributed by atoms with Crippen LogP contribution in [0.25, 0.3) is 0 Å². The van der Waals surface area contributed by atoms with Gasteiger partial charge in [-0.3, -0.25) is 0 Å². The first kappa shape index (κ1) is 13.2. The number of aliphatic hydroxyl groups is 1. The molecule has 0 bridgehead atoms. The van der Waals surface area contributed by atoms with Gasteiger partial charge in [0.1, 0.15) is 0 Å². The van der Waals surface area contributed by atoms with Gasteiger partial charge in [0.15, 0.2) is 0 Å². The van der Waals surface area contributed by atoms with Crippen LogP contribution in [0.15, 0.2) is 18.2 Å². The molecule has 0 saturated heterocycles. The summed E-state index contributed by atoms with van der Waals surface area (Å²) in [5.41, 5.74) is 3.80. The molecule has 0 aliphatic heterocycles. The topological polar surface area (TPSA) is 41.5 Å². The average molecular weight is 223 g/mol. The zero-order valence-corrected chi connectivity index (χ0v) is 10.3. The number of hydrogen-bond acceptors (Lipinski definition) is 3. The third kappa shape index (κ3) is 3.93. The number of ether oxygens (including phenoxy) is 1. The second-order valence-corrected chi connectivity index (χ2v) is 4.15. The first-order valence-electron chi connectivity index (χ1n) is 5.56. The number of hydrogen-bond donors (Lipinski definition) is 2. The smallest absolute Gasteiger partial charge is 0.0638 e. The number of aryl methyl sites for hydroxylation is 2. The van der Waals surface area contributed by atoms with Crippen LogP contribution in [0.4, 0.5) is 0 Å². The van der Waals surface area contributed by atoms with Crippen LogP contribution in [0.5, 0.6) is 0 Å². The van der Waals surface area contributed by atoms with E-state index in [1.54, 1.807) is 7.11 Å². The number of nitrogens with one attached hydrogen (secondary N) is 1. The molecule has 0 fully saturated rings. The standard InChI is InChI=1S/C13H21NO2/c1-10-4-5-11(2)12(6-10)7-14-13(8-15)9-16-3/h4-6,13-15H,7-9H2,1-3H3. The van der Waals surface area contributed by atoms with Crippen molar-refractivity contribution < 1.29 is 9.84 Å². The molecule has 0 saturated carbocycles. The molecule has 1 rings (SSSR count). The molecular weight excluding hydrogens is 202 g/mol. The van der Waals surface area contributed by atoms with E-state index in [9.17, 15) is 0 Å². The fraction of sp³-hybridized carbons (Fsp3) is 0.538. The van der Waals surface area contributed by atoms with Crippen LogP contribution < -0.4 is 5.32 Å². The third-order valence-electron chi connectivity index (χ3n) is 2.67. The quantitative estimate of drug-likeness (QED) is 0.766. The Morgan fingerprint density at radius 1 is 1.38 bits per heavy atom. The molecule has 3 heteroatoms. The van der Waals surface area contributed by atoms with Gasteiger partial charge in [0.05, 0.1) is 19.3 Å². The zero-order valence-electron chi connectivity index (χ0n) is 10.3. The normalized spacial score (nSPS) is 12.8. The van der Waals surface area contributed by atoms with Crippen LogP contribution in [-0.4, -0.2) is 31.5 Å². The van der Waals surface area contributed by atoms with Gasteiger partial charge in [-0.2, -0.15) is 0 Å². The molecule has 1 aromatic carbocycles. The van der Waals surface area contributed by atoms with Crippen molar-refractivity contribution >= 4 is 0 Å². The van der Waals surface area contributed by atoms with E-state index in [1.165, 1.54) is 16.7 Å². The van der Waals surface area contributed by atoms with Crippen molar-refractivity contribution in [1.29, 1.82) is 0 Å². The second-order valence-electron chi connectivity index (χ2n) is 4.15. The zero-order chi connectivity index (χ0) is 12.0. The van der Waals surface area contributed by atoms with Crippen molar-refractivity contribution in [3.63, 3.8) is 0 Å². The van der Waals surface area contributed by atoms with Crippen LogP contribution in [0.3, 0.4) is 0 Å². The van der Waals surface area contributed by atoms with E-state index < -0.39 is 0 Å². The SMILES string of the molecule is COCC(CO)NCc1cc(C)ccc1C. The molecule has 1 aromatic rings. The first-order valence-corrected chi connectivity index (χ1v) is 5.56. The summed E-state index contributed by atoms with van der Waals surface area (Å²) in [6, 6.07) is 6.41. The molecule has 0 spiro atoms.